The maximum atomic E-state index is 13.1. The van der Waals surface area contributed by atoms with Gasteiger partial charge in [-0.25, -0.2) is 4.98 Å². The van der Waals surface area contributed by atoms with Crippen molar-refractivity contribution in [3.05, 3.63) is 94.8 Å². The molecule has 0 aliphatic heterocycles. The van der Waals surface area contributed by atoms with Crippen LogP contribution in [-0.2, 0) is 0 Å². The second-order valence-corrected chi connectivity index (χ2v) is 6.95. The standard InChI is InChI=1S/C25H23N3O2/c1-2-3-17-30-21-15-13-19(14-16-21)18-26-28-24(20-9-5-4-6-10-20)27-23-12-8-7-11-22(23)25(28)29/h4-16,18H,2-3,17H2,1H3. The number of benzene rings is 3. The van der Waals surface area contributed by atoms with Gasteiger partial charge in [0.15, 0.2) is 5.82 Å². The third kappa shape index (κ3) is 4.30. The van der Waals surface area contributed by atoms with E-state index in [1.807, 2.05) is 72.8 Å². The maximum Gasteiger partial charge on any atom is 0.282 e. The van der Waals surface area contributed by atoms with E-state index < -0.39 is 0 Å². The first kappa shape index (κ1) is 19.6. The van der Waals surface area contributed by atoms with Crippen molar-refractivity contribution in [1.82, 2.24) is 9.66 Å². The van der Waals surface area contributed by atoms with Gasteiger partial charge in [-0.1, -0.05) is 55.8 Å². The summed E-state index contributed by atoms with van der Waals surface area (Å²) in [5, 5.41) is 5.02. The van der Waals surface area contributed by atoms with Gasteiger partial charge >= 0.3 is 0 Å². The van der Waals surface area contributed by atoms with Gasteiger partial charge in [-0.3, -0.25) is 4.79 Å². The van der Waals surface area contributed by atoms with Crippen molar-refractivity contribution in [2.45, 2.75) is 19.8 Å². The minimum atomic E-state index is -0.199. The molecule has 0 saturated carbocycles. The summed E-state index contributed by atoms with van der Waals surface area (Å²) in [7, 11) is 0. The second kappa shape index (κ2) is 9.18. The number of para-hydroxylation sites is 1. The van der Waals surface area contributed by atoms with Crippen LogP contribution in [-0.4, -0.2) is 22.5 Å². The molecule has 0 fully saturated rings. The zero-order chi connectivity index (χ0) is 20.8. The topological polar surface area (TPSA) is 56.5 Å². The summed E-state index contributed by atoms with van der Waals surface area (Å²) in [6, 6.07) is 24.6. The van der Waals surface area contributed by atoms with E-state index in [0.29, 0.717) is 23.3 Å². The average molecular weight is 397 g/mol. The Morgan fingerprint density at radius 3 is 2.47 bits per heavy atom. The summed E-state index contributed by atoms with van der Waals surface area (Å²) in [6.45, 7) is 2.85. The summed E-state index contributed by atoms with van der Waals surface area (Å²) in [4.78, 5) is 17.8. The SMILES string of the molecule is CCCCOc1ccc(C=Nn2c(-c3ccccc3)nc3ccccc3c2=O)cc1. The number of rotatable bonds is 7. The molecule has 1 aromatic heterocycles. The molecule has 5 nitrogen and oxygen atoms in total. The Kier molecular flexibility index (Phi) is 5.99. The zero-order valence-electron chi connectivity index (χ0n) is 16.9. The maximum absolute atomic E-state index is 13.1. The number of hydrogen-bond donors (Lipinski definition) is 0. The third-order valence-corrected chi connectivity index (χ3v) is 4.75. The van der Waals surface area contributed by atoms with Crippen LogP contribution in [0.3, 0.4) is 0 Å². The molecule has 0 unspecified atom stereocenters. The molecule has 30 heavy (non-hydrogen) atoms. The molecule has 0 saturated heterocycles. The molecular formula is C25H23N3O2. The van der Waals surface area contributed by atoms with Crippen LogP contribution in [0.4, 0.5) is 0 Å². The fraction of sp³-hybridized carbons (Fsp3) is 0.160. The van der Waals surface area contributed by atoms with Crippen LogP contribution >= 0.6 is 0 Å². The minimum absolute atomic E-state index is 0.199. The molecule has 4 rings (SSSR count). The second-order valence-electron chi connectivity index (χ2n) is 6.95. The van der Waals surface area contributed by atoms with Crippen molar-refractivity contribution in [1.29, 1.82) is 0 Å². The Bertz CT molecular complexity index is 1210. The zero-order valence-corrected chi connectivity index (χ0v) is 16.9. The summed E-state index contributed by atoms with van der Waals surface area (Å²) < 4.78 is 7.06. The fourth-order valence-electron chi connectivity index (χ4n) is 3.11. The number of ether oxygens (including phenoxy) is 1. The Labute approximate surface area is 175 Å². The van der Waals surface area contributed by atoms with E-state index in [-0.39, 0.29) is 5.56 Å². The predicted octanol–water partition coefficient (Wildman–Crippen LogP) is 5.12. The first-order valence-corrected chi connectivity index (χ1v) is 10.1. The predicted molar refractivity (Wildman–Crippen MR) is 121 cm³/mol. The molecule has 0 spiro atoms. The van der Waals surface area contributed by atoms with Gasteiger partial charge in [-0.2, -0.15) is 9.78 Å². The quantitative estimate of drug-likeness (QED) is 0.321. The minimum Gasteiger partial charge on any atom is -0.494 e. The lowest BCUT2D eigenvalue weighted by Crippen LogP contribution is -2.20. The van der Waals surface area contributed by atoms with Crippen molar-refractivity contribution < 1.29 is 4.74 Å². The highest BCUT2D eigenvalue weighted by Crippen LogP contribution is 2.19. The molecular weight excluding hydrogens is 374 g/mol. The molecule has 0 bridgehead atoms. The third-order valence-electron chi connectivity index (χ3n) is 4.75. The van der Waals surface area contributed by atoms with Gasteiger partial charge in [0.05, 0.1) is 23.7 Å². The molecule has 3 aromatic carbocycles. The molecule has 0 radical (unpaired) electrons. The van der Waals surface area contributed by atoms with E-state index in [2.05, 4.69) is 12.0 Å². The van der Waals surface area contributed by atoms with E-state index in [9.17, 15) is 4.79 Å². The van der Waals surface area contributed by atoms with Crippen LogP contribution < -0.4 is 10.3 Å². The lowest BCUT2D eigenvalue weighted by molar-refractivity contribution is 0.309. The Morgan fingerprint density at radius 1 is 0.967 bits per heavy atom. The molecule has 0 aliphatic rings. The van der Waals surface area contributed by atoms with Gasteiger partial charge in [0.2, 0.25) is 0 Å². The largest absolute Gasteiger partial charge is 0.494 e. The summed E-state index contributed by atoms with van der Waals surface area (Å²) in [5.74, 6) is 1.34. The summed E-state index contributed by atoms with van der Waals surface area (Å²) in [6.07, 6.45) is 3.80. The van der Waals surface area contributed by atoms with Crippen LogP contribution in [0, 0.1) is 0 Å². The molecule has 1 heterocycles. The highest BCUT2D eigenvalue weighted by atomic mass is 16.5. The highest BCUT2D eigenvalue weighted by Gasteiger charge is 2.11. The number of nitrogens with zero attached hydrogens (tertiary/aromatic N) is 3. The van der Waals surface area contributed by atoms with Gasteiger partial charge < -0.3 is 4.74 Å². The molecule has 4 aromatic rings. The van der Waals surface area contributed by atoms with Crippen molar-refractivity contribution >= 4 is 17.1 Å². The van der Waals surface area contributed by atoms with E-state index in [1.54, 1.807) is 12.3 Å². The van der Waals surface area contributed by atoms with Gasteiger partial charge in [0.1, 0.15) is 5.75 Å². The van der Waals surface area contributed by atoms with E-state index >= 15 is 0 Å². The van der Waals surface area contributed by atoms with Gasteiger partial charge in [0.25, 0.3) is 5.56 Å². The summed E-state index contributed by atoms with van der Waals surface area (Å²) >= 11 is 0. The Morgan fingerprint density at radius 2 is 1.70 bits per heavy atom. The molecule has 0 amide bonds. The smallest absolute Gasteiger partial charge is 0.282 e. The average Bonchev–Trinajstić information content (AvgIpc) is 2.80. The molecule has 5 heteroatoms. The van der Waals surface area contributed by atoms with E-state index in [0.717, 1.165) is 29.7 Å². The fourth-order valence-corrected chi connectivity index (χ4v) is 3.11. The van der Waals surface area contributed by atoms with Crippen molar-refractivity contribution in [3.63, 3.8) is 0 Å². The molecule has 0 atom stereocenters. The van der Waals surface area contributed by atoms with Gasteiger partial charge in [-0.15, -0.1) is 0 Å². The first-order valence-electron chi connectivity index (χ1n) is 10.1. The van der Waals surface area contributed by atoms with Gasteiger partial charge in [-0.05, 0) is 48.4 Å². The van der Waals surface area contributed by atoms with Crippen molar-refractivity contribution in [3.8, 4) is 17.1 Å². The number of aromatic nitrogens is 2. The molecule has 150 valence electrons. The van der Waals surface area contributed by atoms with Gasteiger partial charge in [0, 0.05) is 5.56 Å². The Balaban J connectivity index is 1.71. The van der Waals surface area contributed by atoms with Crippen LogP contribution in [0.25, 0.3) is 22.3 Å². The monoisotopic (exact) mass is 397 g/mol. The lowest BCUT2D eigenvalue weighted by atomic mass is 10.2. The summed E-state index contributed by atoms with van der Waals surface area (Å²) in [5.41, 5.74) is 2.16. The van der Waals surface area contributed by atoms with E-state index in [1.165, 1.54) is 4.68 Å². The van der Waals surface area contributed by atoms with Crippen molar-refractivity contribution in [2.24, 2.45) is 5.10 Å². The van der Waals surface area contributed by atoms with Crippen LogP contribution in [0.5, 0.6) is 5.75 Å². The van der Waals surface area contributed by atoms with E-state index in [4.69, 9.17) is 9.72 Å². The van der Waals surface area contributed by atoms with Crippen LogP contribution in [0.15, 0.2) is 88.8 Å². The number of unbranched alkanes of at least 4 members (excludes halogenated alkanes) is 1. The first-order chi connectivity index (χ1) is 14.8. The van der Waals surface area contributed by atoms with Crippen LogP contribution in [0.2, 0.25) is 0 Å². The lowest BCUT2D eigenvalue weighted by Gasteiger charge is -2.09. The molecule has 0 N–H and O–H groups in total. The van der Waals surface area contributed by atoms with Crippen molar-refractivity contribution in [2.75, 3.05) is 6.61 Å². The highest BCUT2D eigenvalue weighted by molar-refractivity contribution is 5.82. The normalized spacial score (nSPS) is 11.2. The number of hydrogen-bond acceptors (Lipinski definition) is 4. The van der Waals surface area contributed by atoms with Crippen LogP contribution in [0.1, 0.15) is 25.3 Å². The Hall–Kier alpha value is -3.73. The molecule has 0 aliphatic carbocycles. The number of fused-ring (bicyclic) bond motifs is 1.